The topological polar surface area (TPSA) is 58.6 Å². The zero-order chi connectivity index (χ0) is 16.3. The number of aryl methyl sites for hydroxylation is 1. The summed E-state index contributed by atoms with van der Waals surface area (Å²) in [7, 11) is 1.60. The summed E-state index contributed by atoms with van der Waals surface area (Å²) < 4.78 is 5.34. The van der Waals surface area contributed by atoms with Crippen molar-refractivity contribution in [2.24, 2.45) is 0 Å². The summed E-state index contributed by atoms with van der Waals surface area (Å²) in [5, 5.41) is 12.5. The van der Waals surface area contributed by atoms with Crippen LogP contribution in [0.1, 0.15) is 34.5 Å². The van der Waals surface area contributed by atoms with Crippen molar-refractivity contribution in [2.75, 3.05) is 7.11 Å². The van der Waals surface area contributed by atoms with Crippen molar-refractivity contribution in [2.45, 2.75) is 19.9 Å². The van der Waals surface area contributed by atoms with Gasteiger partial charge in [0.15, 0.2) is 0 Å². The number of carbonyl (C=O) groups excluding carboxylic acids is 1. The van der Waals surface area contributed by atoms with Gasteiger partial charge in [0.25, 0.3) is 5.91 Å². The van der Waals surface area contributed by atoms with E-state index in [4.69, 9.17) is 16.3 Å². The van der Waals surface area contributed by atoms with Gasteiger partial charge in [-0.3, -0.25) is 4.79 Å². The Balaban J connectivity index is 2.21. The molecule has 22 heavy (non-hydrogen) atoms. The molecule has 1 unspecified atom stereocenters. The summed E-state index contributed by atoms with van der Waals surface area (Å²) in [5.74, 6) is 0.409. The fraction of sp³-hybridized carbons (Fsp3) is 0.235. The van der Waals surface area contributed by atoms with Crippen molar-refractivity contribution in [1.82, 2.24) is 5.32 Å². The maximum Gasteiger partial charge on any atom is 0.251 e. The van der Waals surface area contributed by atoms with Crippen LogP contribution in [0.25, 0.3) is 0 Å². The quantitative estimate of drug-likeness (QED) is 0.899. The summed E-state index contributed by atoms with van der Waals surface area (Å²) in [6, 6.07) is 9.95. The molecule has 0 saturated heterocycles. The molecule has 1 amide bonds. The number of hydrogen-bond acceptors (Lipinski definition) is 3. The smallest absolute Gasteiger partial charge is 0.251 e. The van der Waals surface area contributed by atoms with E-state index in [2.05, 4.69) is 5.32 Å². The van der Waals surface area contributed by atoms with Crippen molar-refractivity contribution < 1.29 is 14.6 Å². The Labute approximate surface area is 134 Å². The van der Waals surface area contributed by atoms with Crippen LogP contribution in [-0.4, -0.2) is 18.1 Å². The summed E-state index contributed by atoms with van der Waals surface area (Å²) in [6.45, 7) is 3.87. The van der Waals surface area contributed by atoms with E-state index in [1.165, 1.54) is 18.2 Å². The lowest BCUT2D eigenvalue weighted by Crippen LogP contribution is -2.27. The SMILES string of the molecule is COc1ccc(C)cc1C(C)NC(=O)c1ccc(O)c(Cl)c1. The minimum absolute atomic E-state index is 0.0494. The van der Waals surface area contributed by atoms with Gasteiger partial charge in [-0.05, 0) is 38.1 Å². The summed E-state index contributed by atoms with van der Waals surface area (Å²) in [5.41, 5.74) is 2.38. The normalized spacial score (nSPS) is 11.8. The third-order valence-electron chi connectivity index (χ3n) is 3.41. The maximum atomic E-state index is 12.3. The fourth-order valence-electron chi connectivity index (χ4n) is 2.20. The molecule has 2 rings (SSSR count). The molecule has 0 bridgehead atoms. The van der Waals surface area contributed by atoms with E-state index in [1.807, 2.05) is 32.0 Å². The molecule has 4 nitrogen and oxygen atoms in total. The maximum absolute atomic E-state index is 12.3. The van der Waals surface area contributed by atoms with Gasteiger partial charge in [-0.25, -0.2) is 0 Å². The molecule has 0 fully saturated rings. The van der Waals surface area contributed by atoms with Crippen molar-refractivity contribution in [3.63, 3.8) is 0 Å². The summed E-state index contributed by atoms with van der Waals surface area (Å²) in [6.07, 6.45) is 0. The average Bonchev–Trinajstić information content (AvgIpc) is 2.49. The molecule has 0 heterocycles. The number of phenolic OH excluding ortho intramolecular Hbond substituents is 1. The Morgan fingerprint density at radius 2 is 2.00 bits per heavy atom. The van der Waals surface area contributed by atoms with Gasteiger partial charge in [-0.1, -0.05) is 29.3 Å². The molecule has 0 aromatic heterocycles. The summed E-state index contributed by atoms with van der Waals surface area (Å²) >= 11 is 5.83. The Kier molecular flexibility index (Phi) is 4.93. The van der Waals surface area contributed by atoms with Crippen LogP contribution >= 0.6 is 11.6 Å². The van der Waals surface area contributed by atoms with Crippen LogP contribution in [-0.2, 0) is 0 Å². The molecule has 116 valence electrons. The number of phenols is 1. The van der Waals surface area contributed by atoms with Crippen molar-refractivity contribution in [1.29, 1.82) is 0 Å². The first-order valence-electron chi connectivity index (χ1n) is 6.86. The second kappa shape index (κ2) is 6.71. The number of carbonyl (C=O) groups is 1. The third-order valence-corrected chi connectivity index (χ3v) is 3.71. The van der Waals surface area contributed by atoms with Gasteiger partial charge in [0, 0.05) is 11.1 Å². The predicted octanol–water partition coefficient (Wildman–Crippen LogP) is 3.85. The molecule has 2 N–H and O–H groups in total. The molecule has 1 atom stereocenters. The predicted molar refractivity (Wildman–Crippen MR) is 86.7 cm³/mol. The lowest BCUT2D eigenvalue weighted by molar-refractivity contribution is 0.0939. The molecular weight excluding hydrogens is 302 g/mol. The molecule has 0 aliphatic carbocycles. The van der Waals surface area contributed by atoms with Crippen LogP contribution in [0.15, 0.2) is 36.4 Å². The number of benzene rings is 2. The Morgan fingerprint density at radius 3 is 2.64 bits per heavy atom. The number of rotatable bonds is 4. The molecule has 0 saturated carbocycles. The van der Waals surface area contributed by atoms with Gasteiger partial charge in [0.1, 0.15) is 11.5 Å². The lowest BCUT2D eigenvalue weighted by Gasteiger charge is -2.18. The highest BCUT2D eigenvalue weighted by molar-refractivity contribution is 6.32. The van der Waals surface area contributed by atoms with Crippen LogP contribution in [0.4, 0.5) is 0 Å². The first-order chi connectivity index (χ1) is 10.4. The molecule has 0 aliphatic rings. The highest BCUT2D eigenvalue weighted by atomic mass is 35.5. The second-order valence-corrected chi connectivity index (χ2v) is 5.51. The van der Waals surface area contributed by atoms with Gasteiger partial charge in [-0.15, -0.1) is 0 Å². The number of methoxy groups -OCH3 is 1. The van der Waals surface area contributed by atoms with Crippen LogP contribution in [0.3, 0.4) is 0 Å². The van der Waals surface area contributed by atoms with E-state index < -0.39 is 0 Å². The average molecular weight is 320 g/mol. The van der Waals surface area contributed by atoms with Crippen LogP contribution in [0.2, 0.25) is 5.02 Å². The van der Waals surface area contributed by atoms with Gasteiger partial charge < -0.3 is 15.2 Å². The van der Waals surface area contributed by atoms with E-state index in [-0.39, 0.29) is 22.7 Å². The first-order valence-corrected chi connectivity index (χ1v) is 7.24. The summed E-state index contributed by atoms with van der Waals surface area (Å²) in [4.78, 5) is 12.3. The number of ether oxygens (including phenoxy) is 1. The molecular formula is C17H18ClNO3. The van der Waals surface area contributed by atoms with Crippen LogP contribution in [0.5, 0.6) is 11.5 Å². The zero-order valence-electron chi connectivity index (χ0n) is 12.7. The largest absolute Gasteiger partial charge is 0.506 e. The van der Waals surface area contributed by atoms with Gasteiger partial charge in [0.2, 0.25) is 0 Å². The highest BCUT2D eigenvalue weighted by Gasteiger charge is 2.16. The van der Waals surface area contributed by atoms with Gasteiger partial charge >= 0.3 is 0 Å². The molecule has 0 spiro atoms. The first kappa shape index (κ1) is 16.2. The van der Waals surface area contributed by atoms with Crippen LogP contribution in [0, 0.1) is 6.92 Å². The molecule has 0 aliphatic heterocycles. The third kappa shape index (κ3) is 3.52. The van der Waals surface area contributed by atoms with Crippen molar-refractivity contribution in [3.8, 4) is 11.5 Å². The minimum Gasteiger partial charge on any atom is -0.506 e. The fourth-order valence-corrected chi connectivity index (χ4v) is 2.38. The van der Waals surface area contributed by atoms with E-state index in [9.17, 15) is 9.90 Å². The number of hydrogen-bond donors (Lipinski definition) is 2. The van der Waals surface area contributed by atoms with Crippen molar-refractivity contribution >= 4 is 17.5 Å². The number of aromatic hydroxyl groups is 1. The number of amides is 1. The van der Waals surface area contributed by atoms with E-state index >= 15 is 0 Å². The van der Waals surface area contributed by atoms with Crippen LogP contribution < -0.4 is 10.1 Å². The van der Waals surface area contributed by atoms with Crippen molar-refractivity contribution in [3.05, 3.63) is 58.1 Å². The van der Waals surface area contributed by atoms with Gasteiger partial charge in [0.05, 0.1) is 18.2 Å². The van der Waals surface area contributed by atoms with E-state index in [0.29, 0.717) is 5.56 Å². The standard InChI is InChI=1S/C17H18ClNO3/c1-10-4-7-16(22-3)13(8-10)11(2)19-17(21)12-5-6-15(20)14(18)9-12/h4-9,11,20H,1-3H3,(H,19,21). The number of nitrogens with one attached hydrogen (secondary N) is 1. The molecule has 5 heteroatoms. The molecule has 0 radical (unpaired) electrons. The van der Waals surface area contributed by atoms with E-state index in [0.717, 1.165) is 16.9 Å². The number of halogens is 1. The lowest BCUT2D eigenvalue weighted by atomic mass is 10.0. The minimum atomic E-state index is -0.266. The van der Waals surface area contributed by atoms with E-state index in [1.54, 1.807) is 7.11 Å². The molecule has 2 aromatic carbocycles. The Morgan fingerprint density at radius 1 is 1.27 bits per heavy atom. The Bertz CT molecular complexity index is 700. The Hall–Kier alpha value is -2.20. The monoisotopic (exact) mass is 319 g/mol. The second-order valence-electron chi connectivity index (χ2n) is 5.11. The van der Waals surface area contributed by atoms with Gasteiger partial charge in [-0.2, -0.15) is 0 Å². The zero-order valence-corrected chi connectivity index (χ0v) is 13.4. The molecule has 2 aromatic rings. The highest BCUT2D eigenvalue weighted by Crippen LogP contribution is 2.27.